The molecule has 0 heterocycles. The molecule has 0 amide bonds. The Morgan fingerprint density at radius 1 is 0.706 bits per heavy atom. The Morgan fingerprint density at radius 3 is 1.59 bits per heavy atom. The van der Waals surface area contributed by atoms with E-state index >= 15 is 0 Å². The standard InChI is InChI=1S/C8H10S.C8H10/c1-7-3-5-8(9-2)6-4-7;1-7-4-3-5-8(2)6-7/h3-6H,1-2H3;3-6H,1-2H3. The van der Waals surface area contributed by atoms with E-state index in [1.807, 2.05) is 0 Å². The maximum Gasteiger partial charge on any atom is 0.00693 e. The minimum absolute atomic E-state index is 1.33. The maximum atomic E-state index is 2.17. The molecule has 0 aromatic heterocycles. The Labute approximate surface area is 109 Å². The van der Waals surface area contributed by atoms with Gasteiger partial charge in [0.2, 0.25) is 0 Å². The van der Waals surface area contributed by atoms with E-state index in [1.165, 1.54) is 21.6 Å². The summed E-state index contributed by atoms with van der Waals surface area (Å²) in [6.07, 6.45) is 2.09. The highest BCUT2D eigenvalue weighted by Gasteiger charge is 1.85. The third kappa shape index (κ3) is 5.60. The van der Waals surface area contributed by atoms with Crippen LogP contribution in [0.2, 0.25) is 0 Å². The van der Waals surface area contributed by atoms with Gasteiger partial charge >= 0.3 is 0 Å². The predicted molar refractivity (Wildman–Crippen MR) is 78.9 cm³/mol. The highest BCUT2D eigenvalue weighted by atomic mass is 32.2. The quantitative estimate of drug-likeness (QED) is 0.635. The van der Waals surface area contributed by atoms with Crippen molar-refractivity contribution in [2.45, 2.75) is 25.7 Å². The summed E-state index contributed by atoms with van der Waals surface area (Å²) >= 11 is 1.78. The van der Waals surface area contributed by atoms with Crippen LogP contribution < -0.4 is 0 Å². The summed E-state index contributed by atoms with van der Waals surface area (Å²) in [5.74, 6) is 0. The molecule has 0 fully saturated rings. The summed E-state index contributed by atoms with van der Waals surface area (Å²) in [7, 11) is 0. The normalized spacial score (nSPS) is 9.41. The molecular weight excluding hydrogens is 224 g/mol. The monoisotopic (exact) mass is 244 g/mol. The van der Waals surface area contributed by atoms with Gasteiger partial charge in [-0.05, 0) is 39.2 Å². The summed E-state index contributed by atoms with van der Waals surface area (Å²) in [5.41, 5.74) is 4.00. The molecule has 0 saturated heterocycles. The van der Waals surface area contributed by atoms with Crippen molar-refractivity contribution < 1.29 is 0 Å². The molecule has 0 nitrogen and oxygen atoms in total. The van der Waals surface area contributed by atoms with Crippen molar-refractivity contribution in [3.8, 4) is 0 Å². The van der Waals surface area contributed by atoms with E-state index in [-0.39, 0.29) is 0 Å². The van der Waals surface area contributed by atoms with Gasteiger partial charge in [0, 0.05) is 4.90 Å². The van der Waals surface area contributed by atoms with E-state index in [0.717, 1.165) is 0 Å². The highest BCUT2D eigenvalue weighted by molar-refractivity contribution is 7.98. The molecule has 0 aliphatic heterocycles. The smallest absolute Gasteiger partial charge is 0.00693 e. The number of aryl methyl sites for hydroxylation is 3. The third-order valence-corrected chi connectivity index (χ3v) is 3.17. The fourth-order valence-electron chi connectivity index (χ4n) is 1.48. The van der Waals surface area contributed by atoms with Crippen molar-refractivity contribution in [2.75, 3.05) is 6.26 Å². The van der Waals surface area contributed by atoms with E-state index in [2.05, 4.69) is 75.6 Å². The average molecular weight is 244 g/mol. The third-order valence-electron chi connectivity index (χ3n) is 2.43. The molecule has 17 heavy (non-hydrogen) atoms. The van der Waals surface area contributed by atoms with Crippen molar-refractivity contribution >= 4 is 11.8 Å². The lowest BCUT2D eigenvalue weighted by atomic mass is 10.2. The van der Waals surface area contributed by atoms with Crippen LogP contribution in [-0.2, 0) is 0 Å². The van der Waals surface area contributed by atoms with E-state index < -0.39 is 0 Å². The molecule has 0 radical (unpaired) electrons. The number of rotatable bonds is 1. The van der Waals surface area contributed by atoms with Gasteiger partial charge in [-0.2, -0.15) is 0 Å². The zero-order valence-corrected chi connectivity index (χ0v) is 11.8. The lowest BCUT2D eigenvalue weighted by Crippen LogP contribution is -1.71. The summed E-state index contributed by atoms with van der Waals surface area (Å²) in [4.78, 5) is 1.33. The molecule has 0 unspecified atom stereocenters. The average Bonchev–Trinajstić information content (AvgIpc) is 2.30. The Balaban J connectivity index is 0.000000171. The van der Waals surface area contributed by atoms with Crippen LogP contribution in [0.1, 0.15) is 16.7 Å². The molecule has 2 aromatic rings. The SMILES string of the molecule is CSc1ccc(C)cc1.Cc1cccc(C)c1. The molecule has 0 saturated carbocycles. The highest BCUT2D eigenvalue weighted by Crippen LogP contribution is 2.13. The lowest BCUT2D eigenvalue weighted by Gasteiger charge is -1.93. The molecule has 2 rings (SSSR count). The second-order valence-corrected chi connectivity index (χ2v) is 5.05. The Kier molecular flexibility index (Phi) is 5.85. The van der Waals surface area contributed by atoms with Crippen LogP contribution in [0.5, 0.6) is 0 Å². The van der Waals surface area contributed by atoms with Crippen LogP contribution in [-0.4, -0.2) is 6.26 Å². The first-order valence-corrected chi connectivity index (χ1v) is 6.98. The molecule has 0 atom stereocenters. The van der Waals surface area contributed by atoms with E-state index in [4.69, 9.17) is 0 Å². The van der Waals surface area contributed by atoms with Crippen molar-refractivity contribution in [3.63, 3.8) is 0 Å². The Bertz CT molecular complexity index is 426. The van der Waals surface area contributed by atoms with Crippen LogP contribution in [0.15, 0.2) is 53.4 Å². The van der Waals surface area contributed by atoms with Crippen molar-refractivity contribution in [2.24, 2.45) is 0 Å². The van der Waals surface area contributed by atoms with Gasteiger partial charge in [-0.25, -0.2) is 0 Å². The number of benzene rings is 2. The van der Waals surface area contributed by atoms with Crippen LogP contribution in [0.25, 0.3) is 0 Å². The molecule has 0 aliphatic carbocycles. The van der Waals surface area contributed by atoms with E-state index in [1.54, 1.807) is 11.8 Å². The molecule has 90 valence electrons. The summed E-state index contributed by atoms with van der Waals surface area (Å²) in [6, 6.07) is 17.0. The van der Waals surface area contributed by atoms with Gasteiger partial charge in [-0.15, -0.1) is 11.8 Å². The number of hydrogen-bond acceptors (Lipinski definition) is 1. The number of thioether (sulfide) groups is 1. The van der Waals surface area contributed by atoms with Crippen LogP contribution in [0.3, 0.4) is 0 Å². The molecule has 0 spiro atoms. The maximum absolute atomic E-state index is 2.17. The number of hydrogen-bond donors (Lipinski definition) is 0. The minimum atomic E-state index is 1.33. The Morgan fingerprint density at radius 2 is 1.24 bits per heavy atom. The van der Waals surface area contributed by atoms with Gasteiger partial charge in [0.15, 0.2) is 0 Å². The van der Waals surface area contributed by atoms with Gasteiger partial charge in [-0.3, -0.25) is 0 Å². The largest absolute Gasteiger partial charge is 0.130 e. The first-order chi connectivity index (χ1) is 8.11. The van der Waals surface area contributed by atoms with Crippen molar-refractivity contribution in [1.82, 2.24) is 0 Å². The molecule has 1 heteroatoms. The van der Waals surface area contributed by atoms with Gasteiger partial charge in [-0.1, -0.05) is 53.1 Å². The van der Waals surface area contributed by atoms with Gasteiger partial charge < -0.3 is 0 Å². The fraction of sp³-hybridized carbons (Fsp3) is 0.250. The van der Waals surface area contributed by atoms with Crippen LogP contribution in [0.4, 0.5) is 0 Å². The first-order valence-electron chi connectivity index (χ1n) is 5.76. The Hall–Kier alpha value is -1.21. The van der Waals surface area contributed by atoms with Gasteiger partial charge in [0.05, 0.1) is 0 Å². The summed E-state index contributed by atoms with van der Waals surface area (Å²) < 4.78 is 0. The summed E-state index contributed by atoms with van der Waals surface area (Å²) in [5, 5.41) is 0. The van der Waals surface area contributed by atoms with Gasteiger partial charge in [0.1, 0.15) is 0 Å². The van der Waals surface area contributed by atoms with Gasteiger partial charge in [0.25, 0.3) is 0 Å². The molecule has 2 aromatic carbocycles. The van der Waals surface area contributed by atoms with E-state index in [0.29, 0.717) is 0 Å². The summed E-state index contributed by atoms with van der Waals surface area (Å²) in [6.45, 7) is 6.31. The lowest BCUT2D eigenvalue weighted by molar-refractivity contribution is 1.38. The predicted octanol–water partition coefficient (Wildman–Crippen LogP) is 5.02. The molecular formula is C16H20S. The fourth-order valence-corrected chi connectivity index (χ4v) is 1.89. The first kappa shape index (κ1) is 13.9. The molecule has 0 aliphatic rings. The minimum Gasteiger partial charge on any atom is -0.130 e. The van der Waals surface area contributed by atoms with Crippen molar-refractivity contribution in [3.05, 3.63) is 65.2 Å². The molecule has 0 N–H and O–H groups in total. The zero-order valence-electron chi connectivity index (χ0n) is 11.0. The second-order valence-electron chi connectivity index (χ2n) is 4.18. The molecule has 0 bridgehead atoms. The van der Waals surface area contributed by atoms with Crippen LogP contribution >= 0.6 is 11.8 Å². The second kappa shape index (κ2) is 7.18. The van der Waals surface area contributed by atoms with Crippen molar-refractivity contribution in [1.29, 1.82) is 0 Å². The topological polar surface area (TPSA) is 0 Å². The van der Waals surface area contributed by atoms with E-state index in [9.17, 15) is 0 Å². The zero-order chi connectivity index (χ0) is 12.7. The van der Waals surface area contributed by atoms with Crippen LogP contribution in [0, 0.1) is 20.8 Å².